The Morgan fingerprint density at radius 2 is 2.12 bits per heavy atom. The second kappa shape index (κ2) is 7.48. The molecule has 2 aliphatic heterocycles. The maximum absolute atomic E-state index is 12.3. The first-order chi connectivity index (χ1) is 11.6. The number of carbonyl (C=O) groups excluding carboxylic acids is 3. The molecule has 0 spiro atoms. The molecule has 24 heavy (non-hydrogen) atoms. The Hall–Kier alpha value is -2.35. The van der Waals surface area contributed by atoms with Gasteiger partial charge < -0.3 is 19.8 Å². The lowest BCUT2D eigenvalue weighted by Crippen LogP contribution is -2.38. The van der Waals surface area contributed by atoms with E-state index < -0.39 is 18.0 Å². The van der Waals surface area contributed by atoms with Crippen molar-refractivity contribution in [2.24, 2.45) is 5.92 Å². The maximum Gasteiger partial charge on any atom is 0.325 e. The van der Waals surface area contributed by atoms with Crippen molar-refractivity contribution in [2.45, 2.75) is 31.8 Å². The fourth-order valence-electron chi connectivity index (χ4n) is 2.89. The summed E-state index contributed by atoms with van der Waals surface area (Å²) in [6.45, 7) is 2.09. The Labute approximate surface area is 139 Å². The smallest absolute Gasteiger partial charge is 0.325 e. The Kier molecular flexibility index (Phi) is 5.14. The van der Waals surface area contributed by atoms with Crippen molar-refractivity contribution in [1.29, 1.82) is 0 Å². The molecule has 0 aliphatic carbocycles. The molecule has 2 saturated heterocycles. The molecular weight excluding hydrogens is 314 g/mol. The number of ether oxygens (including phenoxy) is 1. The Bertz CT molecular complexity index is 595. The second-order valence-electron chi connectivity index (χ2n) is 6.07. The molecule has 2 N–H and O–H groups in total. The summed E-state index contributed by atoms with van der Waals surface area (Å²) in [4.78, 5) is 37.3. The number of furan rings is 1. The highest BCUT2D eigenvalue weighted by atomic mass is 16.5. The third kappa shape index (κ3) is 3.94. The van der Waals surface area contributed by atoms with Crippen molar-refractivity contribution in [3.05, 3.63) is 24.2 Å². The highest BCUT2D eigenvalue weighted by Gasteiger charge is 2.39. The van der Waals surface area contributed by atoms with Gasteiger partial charge in [0.25, 0.3) is 5.91 Å². The number of nitrogens with one attached hydrogen (secondary N) is 2. The maximum atomic E-state index is 12.3. The van der Waals surface area contributed by atoms with Crippen LogP contribution in [0.15, 0.2) is 22.8 Å². The zero-order chi connectivity index (χ0) is 16.9. The molecule has 3 heterocycles. The molecule has 130 valence electrons. The molecular formula is C16H21N3O5. The quantitative estimate of drug-likeness (QED) is 0.743. The molecule has 0 saturated carbocycles. The summed E-state index contributed by atoms with van der Waals surface area (Å²) in [5.41, 5.74) is 0. The van der Waals surface area contributed by atoms with Gasteiger partial charge in [-0.2, -0.15) is 0 Å². The normalized spacial score (nSPS) is 21.8. The van der Waals surface area contributed by atoms with Crippen molar-refractivity contribution in [2.75, 3.05) is 19.8 Å². The van der Waals surface area contributed by atoms with E-state index in [1.54, 1.807) is 12.1 Å². The van der Waals surface area contributed by atoms with Gasteiger partial charge in [-0.15, -0.1) is 0 Å². The van der Waals surface area contributed by atoms with Crippen molar-refractivity contribution < 1.29 is 23.5 Å². The molecule has 4 amide bonds. The predicted molar refractivity (Wildman–Crippen MR) is 82.7 cm³/mol. The Balaban J connectivity index is 1.47. The van der Waals surface area contributed by atoms with Crippen molar-refractivity contribution in [3.63, 3.8) is 0 Å². The van der Waals surface area contributed by atoms with Crippen LogP contribution >= 0.6 is 0 Å². The van der Waals surface area contributed by atoms with Gasteiger partial charge in [-0.25, -0.2) is 4.79 Å². The number of nitrogens with zero attached hydrogens (tertiary/aromatic N) is 1. The van der Waals surface area contributed by atoms with E-state index in [1.807, 2.05) is 0 Å². The summed E-state index contributed by atoms with van der Waals surface area (Å²) in [5, 5.41) is 5.39. The summed E-state index contributed by atoms with van der Waals surface area (Å²) in [6, 6.07) is 2.06. The summed E-state index contributed by atoms with van der Waals surface area (Å²) in [7, 11) is 0. The molecule has 1 atom stereocenters. The Morgan fingerprint density at radius 3 is 2.83 bits per heavy atom. The highest BCUT2D eigenvalue weighted by molar-refractivity contribution is 6.05. The van der Waals surface area contributed by atoms with E-state index in [-0.39, 0.29) is 18.9 Å². The molecule has 0 bridgehead atoms. The van der Waals surface area contributed by atoms with Crippen LogP contribution in [0, 0.1) is 5.92 Å². The van der Waals surface area contributed by atoms with E-state index in [2.05, 4.69) is 10.6 Å². The number of urea groups is 1. The molecule has 8 nitrogen and oxygen atoms in total. The van der Waals surface area contributed by atoms with E-state index in [4.69, 9.17) is 9.15 Å². The standard InChI is InChI=1S/C16H21N3O5/c20-14(17-9-11-3-6-23-7-4-11)8-13-15(21)19(16(22)18-13)10-12-2-1-5-24-12/h1-2,5,11,13H,3-4,6-10H2,(H,17,20)(H,18,22)/t13-/m0/s1. The molecule has 0 unspecified atom stereocenters. The van der Waals surface area contributed by atoms with Crippen LogP contribution in [0.4, 0.5) is 4.79 Å². The van der Waals surface area contributed by atoms with Crippen molar-refractivity contribution in [1.82, 2.24) is 15.5 Å². The first-order valence-electron chi connectivity index (χ1n) is 8.12. The van der Waals surface area contributed by atoms with E-state index >= 15 is 0 Å². The molecule has 8 heteroatoms. The molecule has 2 aliphatic rings. The van der Waals surface area contributed by atoms with Gasteiger partial charge >= 0.3 is 6.03 Å². The minimum absolute atomic E-state index is 0.0531. The summed E-state index contributed by atoms with van der Waals surface area (Å²) < 4.78 is 10.4. The first kappa shape index (κ1) is 16.5. The zero-order valence-electron chi connectivity index (χ0n) is 13.3. The molecule has 0 radical (unpaired) electrons. The highest BCUT2D eigenvalue weighted by Crippen LogP contribution is 2.15. The second-order valence-corrected chi connectivity index (χ2v) is 6.07. The van der Waals surface area contributed by atoms with E-state index in [1.165, 1.54) is 6.26 Å². The van der Waals surface area contributed by atoms with E-state index in [0.717, 1.165) is 31.0 Å². The van der Waals surface area contributed by atoms with Crippen LogP contribution in [0.1, 0.15) is 25.0 Å². The lowest BCUT2D eigenvalue weighted by molar-refractivity contribution is -0.131. The number of imide groups is 1. The van der Waals surface area contributed by atoms with Crippen LogP contribution in [0.25, 0.3) is 0 Å². The summed E-state index contributed by atoms with van der Waals surface area (Å²) in [5.74, 6) is 0.285. The average molecular weight is 335 g/mol. The van der Waals surface area contributed by atoms with Gasteiger partial charge in [0, 0.05) is 19.8 Å². The third-order valence-electron chi connectivity index (χ3n) is 4.32. The van der Waals surface area contributed by atoms with Gasteiger partial charge in [0.15, 0.2) is 0 Å². The zero-order valence-corrected chi connectivity index (χ0v) is 13.3. The van der Waals surface area contributed by atoms with Gasteiger partial charge in [0.1, 0.15) is 11.8 Å². The lowest BCUT2D eigenvalue weighted by Gasteiger charge is -2.22. The first-order valence-corrected chi connectivity index (χ1v) is 8.12. The van der Waals surface area contributed by atoms with E-state index in [0.29, 0.717) is 18.2 Å². The summed E-state index contributed by atoms with van der Waals surface area (Å²) in [6.07, 6.45) is 3.28. The van der Waals surface area contributed by atoms with Gasteiger partial charge in [0.05, 0.1) is 19.2 Å². The monoisotopic (exact) mass is 335 g/mol. The number of rotatable bonds is 6. The molecule has 2 fully saturated rings. The molecule has 3 rings (SSSR count). The van der Waals surface area contributed by atoms with Gasteiger partial charge in [-0.3, -0.25) is 14.5 Å². The molecule has 0 aromatic carbocycles. The fraction of sp³-hybridized carbons (Fsp3) is 0.562. The van der Waals surface area contributed by atoms with Crippen LogP contribution < -0.4 is 10.6 Å². The number of carbonyl (C=O) groups is 3. The number of amides is 4. The van der Waals surface area contributed by atoms with Crippen LogP contribution in [0.5, 0.6) is 0 Å². The molecule has 1 aromatic rings. The van der Waals surface area contributed by atoms with Crippen LogP contribution in [0.2, 0.25) is 0 Å². The largest absolute Gasteiger partial charge is 0.467 e. The lowest BCUT2D eigenvalue weighted by atomic mass is 10.0. The van der Waals surface area contributed by atoms with Gasteiger partial charge in [-0.1, -0.05) is 0 Å². The number of hydrogen-bond acceptors (Lipinski definition) is 5. The van der Waals surface area contributed by atoms with Crippen LogP contribution in [-0.4, -0.2) is 48.5 Å². The number of hydrogen-bond donors (Lipinski definition) is 2. The predicted octanol–water partition coefficient (Wildman–Crippen LogP) is 0.633. The SMILES string of the molecule is O=C(C[C@@H]1NC(=O)N(Cc2ccco2)C1=O)NCC1CCOCC1. The fourth-order valence-corrected chi connectivity index (χ4v) is 2.89. The van der Waals surface area contributed by atoms with Crippen molar-refractivity contribution in [3.8, 4) is 0 Å². The Morgan fingerprint density at radius 1 is 1.33 bits per heavy atom. The van der Waals surface area contributed by atoms with Crippen molar-refractivity contribution >= 4 is 17.8 Å². The van der Waals surface area contributed by atoms with Crippen LogP contribution in [-0.2, 0) is 20.9 Å². The van der Waals surface area contributed by atoms with Gasteiger partial charge in [-0.05, 0) is 30.9 Å². The van der Waals surface area contributed by atoms with E-state index in [9.17, 15) is 14.4 Å². The average Bonchev–Trinajstić information content (AvgIpc) is 3.18. The minimum atomic E-state index is -0.817. The summed E-state index contributed by atoms with van der Waals surface area (Å²) >= 11 is 0. The third-order valence-corrected chi connectivity index (χ3v) is 4.32. The topological polar surface area (TPSA) is 101 Å². The van der Waals surface area contributed by atoms with Gasteiger partial charge in [0.2, 0.25) is 5.91 Å². The van der Waals surface area contributed by atoms with Crippen LogP contribution in [0.3, 0.4) is 0 Å². The molecule has 1 aromatic heterocycles. The minimum Gasteiger partial charge on any atom is -0.467 e.